The van der Waals surface area contributed by atoms with Gasteiger partial charge in [-0.05, 0) is 0 Å². The van der Waals surface area contributed by atoms with Gasteiger partial charge >= 0.3 is 65.1 Å². The van der Waals surface area contributed by atoms with Crippen molar-refractivity contribution in [2.45, 2.75) is 18.3 Å². The van der Waals surface area contributed by atoms with E-state index in [1.807, 2.05) is 0 Å². The Labute approximate surface area is 202 Å². The number of rotatable bonds is 6. The summed E-state index contributed by atoms with van der Waals surface area (Å²) in [4.78, 5) is 46.7. The number of nitrogens with zero attached hydrogens (tertiary/aromatic N) is 1. The molecule has 15 heteroatoms. The van der Waals surface area contributed by atoms with Gasteiger partial charge in [0.05, 0.1) is 11.7 Å². The molecule has 0 spiro atoms. The summed E-state index contributed by atoms with van der Waals surface area (Å²) >= 11 is 1.09. The number of carbonyl (C=O) groups is 4. The van der Waals surface area contributed by atoms with Gasteiger partial charge < -0.3 is 24.5 Å². The zero-order valence-corrected chi connectivity index (χ0v) is 20.3. The third-order valence-electron chi connectivity index (χ3n) is 3.31. The average Bonchev–Trinajstić information content (AvgIpc) is 2.47. The van der Waals surface area contributed by atoms with Crippen LogP contribution in [0.4, 0.5) is 0 Å². The number of β-lactam (4-membered cyclic amide) rings is 1. The van der Waals surface area contributed by atoms with Crippen LogP contribution in [0, 0.1) is 0 Å². The third-order valence-corrected chi connectivity index (χ3v) is 5.27. The molecule has 0 aromatic heterocycles. The maximum absolute atomic E-state index is 12.1. The maximum Gasteiger partial charge on any atom is 1.00 e. The Bertz CT molecular complexity index is 784. The van der Waals surface area contributed by atoms with Gasteiger partial charge in [-0.15, -0.1) is 11.8 Å². The number of carboxylic acid groups (broad SMARTS) is 1. The van der Waals surface area contributed by atoms with Gasteiger partial charge in [0.15, 0.2) is 0 Å². The zero-order chi connectivity index (χ0) is 18.9. The van der Waals surface area contributed by atoms with Crippen LogP contribution in [-0.2, 0) is 34.0 Å². The van der Waals surface area contributed by atoms with Gasteiger partial charge in [0.2, 0.25) is 5.91 Å². The maximum atomic E-state index is 12.1. The van der Waals surface area contributed by atoms with E-state index in [1.165, 1.54) is 0 Å². The zero-order valence-electron chi connectivity index (χ0n) is 14.7. The number of hydrogen-bond donors (Lipinski definition) is 1. The number of esters is 1. The summed E-state index contributed by atoms with van der Waals surface area (Å²) in [6.07, 6.45) is 0. The van der Waals surface area contributed by atoms with Crippen molar-refractivity contribution >= 4 is 45.6 Å². The van der Waals surface area contributed by atoms with E-state index >= 15 is 0 Å². The molecule has 0 aromatic carbocycles. The SMILES string of the molecule is CC(=O)OCC1=C(C(=O)[O-])N2C(=O)[C@@H](NC(=O)CS(=O)(=O)[O-])[C@H]2SC1.[Na+].[Na+]. The number of thioether (sulfide) groups is 1. The molecule has 1 fully saturated rings. The van der Waals surface area contributed by atoms with Crippen LogP contribution in [-0.4, -0.2) is 71.2 Å². The van der Waals surface area contributed by atoms with E-state index in [1.54, 1.807) is 0 Å². The molecule has 2 amide bonds. The first-order valence-corrected chi connectivity index (χ1v) is 9.38. The van der Waals surface area contributed by atoms with Gasteiger partial charge in [-0.3, -0.25) is 19.3 Å². The third kappa shape index (κ3) is 6.72. The van der Waals surface area contributed by atoms with Crippen LogP contribution < -0.4 is 69.5 Å². The standard InChI is InChI=1S/C12H14N2O9S2.2Na/c1-5(15)23-2-6-3-24-11-8(13-7(16)4-25(20,21)22)10(17)14(11)9(6)12(18)19;;/h8,11H,2-4H2,1H3,(H,13,16)(H,18,19)(H,20,21,22);;/q;2*+1/p-2/t8-,11-;;/m1../s1. The summed E-state index contributed by atoms with van der Waals surface area (Å²) in [5.74, 6) is -5.46. The monoisotopic (exact) mass is 438 g/mol. The molecular weight excluding hydrogens is 426 g/mol. The van der Waals surface area contributed by atoms with Crippen molar-refractivity contribution in [2.24, 2.45) is 0 Å². The predicted octanol–water partition coefficient (Wildman–Crippen LogP) is -9.49. The van der Waals surface area contributed by atoms with Crippen LogP contribution in [0.15, 0.2) is 11.3 Å². The number of ether oxygens (including phenoxy) is 1. The van der Waals surface area contributed by atoms with E-state index in [0.29, 0.717) is 0 Å². The second-order valence-electron chi connectivity index (χ2n) is 5.18. The van der Waals surface area contributed by atoms with E-state index in [-0.39, 0.29) is 77.0 Å². The molecule has 138 valence electrons. The molecule has 0 unspecified atom stereocenters. The van der Waals surface area contributed by atoms with E-state index in [9.17, 15) is 37.3 Å². The number of carboxylic acids is 1. The molecule has 2 aliphatic rings. The Balaban J connectivity index is 0.00000338. The molecule has 2 heterocycles. The van der Waals surface area contributed by atoms with Crippen molar-refractivity contribution in [3.63, 3.8) is 0 Å². The molecule has 11 nitrogen and oxygen atoms in total. The fourth-order valence-corrected chi connectivity index (χ4v) is 4.08. The minimum atomic E-state index is -4.80. The summed E-state index contributed by atoms with van der Waals surface area (Å²) in [5, 5.41) is 12.6. The summed E-state index contributed by atoms with van der Waals surface area (Å²) in [6, 6.07) is -1.16. The van der Waals surface area contributed by atoms with Gasteiger partial charge in [-0.2, -0.15) is 0 Å². The molecule has 0 aliphatic carbocycles. The molecule has 1 N–H and O–H groups in total. The van der Waals surface area contributed by atoms with Gasteiger partial charge in [0, 0.05) is 18.2 Å². The Morgan fingerprint density at radius 2 is 1.93 bits per heavy atom. The van der Waals surface area contributed by atoms with E-state index in [2.05, 4.69) is 5.32 Å². The normalized spacial score (nSPS) is 21.1. The number of aliphatic carboxylic acids is 1. The Kier molecular flexibility index (Phi) is 10.6. The first kappa shape index (κ1) is 26.9. The molecular formula is C12H12N2Na2O9S2. The minimum Gasteiger partial charge on any atom is -0.748 e. The number of nitrogens with one attached hydrogen (secondary N) is 1. The molecule has 0 saturated carbocycles. The molecule has 27 heavy (non-hydrogen) atoms. The fourth-order valence-electron chi connectivity index (χ4n) is 2.35. The number of carbonyl (C=O) groups excluding carboxylic acids is 4. The smallest absolute Gasteiger partial charge is 0.748 e. The Morgan fingerprint density at radius 1 is 1.33 bits per heavy atom. The van der Waals surface area contributed by atoms with E-state index in [0.717, 1.165) is 23.6 Å². The summed E-state index contributed by atoms with van der Waals surface area (Å²) in [7, 11) is -4.80. The van der Waals surface area contributed by atoms with Crippen molar-refractivity contribution in [1.29, 1.82) is 0 Å². The van der Waals surface area contributed by atoms with Crippen molar-refractivity contribution in [3.05, 3.63) is 11.3 Å². The van der Waals surface area contributed by atoms with Crippen LogP contribution in [0.2, 0.25) is 0 Å². The Hall–Kier alpha value is -0.120. The van der Waals surface area contributed by atoms with Crippen molar-refractivity contribution in [3.8, 4) is 0 Å². The molecule has 2 aliphatic heterocycles. The van der Waals surface area contributed by atoms with Crippen molar-refractivity contribution < 1.29 is 101 Å². The average molecular weight is 438 g/mol. The molecule has 0 bridgehead atoms. The second-order valence-corrected chi connectivity index (χ2v) is 7.69. The largest absolute Gasteiger partial charge is 1.00 e. The van der Waals surface area contributed by atoms with Gasteiger partial charge in [0.25, 0.3) is 5.91 Å². The van der Waals surface area contributed by atoms with Crippen LogP contribution in [0.3, 0.4) is 0 Å². The number of amides is 2. The van der Waals surface area contributed by atoms with E-state index in [4.69, 9.17) is 4.74 Å². The summed E-state index contributed by atoms with van der Waals surface area (Å²) in [5.41, 5.74) is -0.284. The number of fused-ring (bicyclic) bond motifs is 1. The van der Waals surface area contributed by atoms with Crippen LogP contribution in [0.5, 0.6) is 0 Å². The Morgan fingerprint density at radius 3 is 2.41 bits per heavy atom. The fraction of sp³-hybridized carbons (Fsp3) is 0.500. The predicted molar refractivity (Wildman–Crippen MR) is 78.3 cm³/mol. The molecule has 2 atom stereocenters. The first-order chi connectivity index (χ1) is 11.5. The molecule has 1 saturated heterocycles. The molecule has 0 aromatic rings. The van der Waals surface area contributed by atoms with Gasteiger partial charge in [-0.1, -0.05) is 0 Å². The van der Waals surface area contributed by atoms with Gasteiger partial charge in [-0.25, -0.2) is 8.42 Å². The van der Waals surface area contributed by atoms with Crippen LogP contribution >= 0.6 is 11.8 Å². The summed E-state index contributed by atoms with van der Waals surface area (Å²) in [6.45, 7) is 0.816. The first-order valence-electron chi connectivity index (χ1n) is 6.75. The van der Waals surface area contributed by atoms with Crippen molar-refractivity contribution in [2.75, 3.05) is 18.1 Å². The van der Waals surface area contributed by atoms with Gasteiger partial charge in [0.1, 0.15) is 33.9 Å². The number of hydrogen-bond acceptors (Lipinski definition) is 10. The van der Waals surface area contributed by atoms with Crippen LogP contribution in [0.1, 0.15) is 6.92 Å². The molecule has 0 radical (unpaired) electrons. The van der Waals surface area contributed by atoms with Crippen LogP contribution in [0.25, 0.3) is 0 Å². The molecule has 2 rings (SSSR count). The topological polar surface area (TPSA) is 173 Å². The second kappa shape index (κ2) is 10.6. The summed E-state index contributed by atoms with van der Waals surface area (Å²) < 4.78 is 36.4. The minimum absolute atomic E-state index is 0. The van der Waals surface area contributed by atoms with E-state index < -0.39 is 56.7 Å². The van der Waals surface area contributed by atoms with Crippen molar-refractivity contribution in [1.82, 2.24) is 10.2 Å². The quantitative estimate of drug-likeness (QED) is 0.182.